The van der Waals surface area contributed by atoms with Gasteiger partial charge in [-0.2, -0.15) is 0 Å². The van der Waals surface area contributed by atoms with Crippen molar-refractivity contribution in [1.29, 1.82) is 0 Å². The van der Waals surface area contributed by atoms with E-state index in [1.165, 1.54) is 0 Å². The van der Waals surface area contributed by atoms with Crippen LogP contribution in [0.2, 0.25) is 0 Å². The quantitative estimate of drug-likeness (QED) is 0.766. The highest BCUT2D eigenvalue weighted by molar-refractivity contribution is 9.10. The molecule has 1 amide bonds. The third-order valence-corrected chi connectivity index (χ3v) is 3.01. The third kappa shape index (κ3) is 0.838. The molecule has 1 aromatic heterocycles. The summed E-state index contributed by atoms with van der Waals surface area (Å²) in [5.74, 6) is -0.0105. The first-order chi connectivity index (χ1) is 6.66. The summed E-state index contributed by atoms with van der Waals surface area (Å²) in [4.78, 5) is 11.5. The Hall–Kier alpha value is -1.29. The van der Waals surface area contributed by atoms with E-state index in [-0.39, 0.29) is 5.91 Å². The summed E-state index contributed by atoms with van der Waals surface area (Å²) in [5.41, 5.74) is 2.74. The molecule has 3 nitrogen and oxygen atoms in total. The van der Waals surface area contributed by atoms with Gasteiger partial charge in [0, 0.05) is 23.1 Å². The molecule has 0 aliphatic carbocycles. The molecular weight excluding hydrogens is 244 g/mol. The maximum atomic E-state index is 11.5. The average Bonchev–Trinajstić information content (AvgIpc) is 2.57. The Morgan fingerprint density at radius 1 is 1.43 bits per heavy atom. The molecule has 70 valence electrons. The van der Waals surface area contributed by atoms with Crippen LogP contribution in [0, 0.1) is 0 Å². The van der Waals surface area contributed by atoms with Gasteiger partial charge in [0.15, 0.2) is 0 Å². The second-order valence-electron chi connectivity index (χ2n) is 3.46. The van der Waals surface area contributed by atoms with E-state index in [1.54, 1.807) is 0 Å². The van der Waals surface area contributed by atoms with E-state index in [2.05, 4.69) is 21.2 Å². The Labute approximate surface area is 88.8 Å². The fourth-order valence-corrected chi connectivity index (χ4v) is 2.39. The lowest BCUT2D eigenvalue weighted by molar-refractivity contribution is 0.103. The van der Waals surface area contributed by atoms with Crippen molar-refractivity contribution in [1.82, 2.24) is 4.57 Å². The van der Waals surface area contributed by atoms with E-state index in [1.807, 2.05) is 29.9 Å². The van der Waals surface area contributed by atoms with Crippen LogP contribution in [0.15, 0.2) is 22.8 Å². The number of nitrogens with one attached hydrogen (secondary N) is 1. The number of benzene rings is 1. The van der Waals surface area contributed by atoms with Crippen molar-refractivity contribution in [3.05, 3.63) is 28.4 Å². The lowest BCUT2D eigenvalue weighted by Gasteiger charge is -2.01. The first kappa shape index (κ1) is 8.05. The smallest absolute Gasteiger partial charge is 0.257 e. The zero-order chi connectivity index (χ0) is 9.87. The highest BCUT2D eigenvalue weighted by atomic mass is 79.9. The van der Waals surface area contributed by atoms with Gasteiger partial charge in [-0.15, -0.1) is 0 Å². The molecule has 0 fully saturated rings. The number of halogens is 1. The first-order valence-corrected chi connectivity index (χ1v) is 5.06. The molecular formula is C10H7BrN2O. The van der Waals surface area contributed by atoms with Gasteiger partial charge in [-0.25, -0.2) is 0 Å². The first-order valence-electron chi connectivity index (χ1n) is 4.27. The van der Waals surface area contributed by atoms with Gasteiger partial charge < -0.3 is 9.88 Å². The fraction of sp³-hybridized carbons (Fsp3) is 0.100. The van der Waals surface area contributed by atoms with Crippen LogP contribution in [0.3, 0.4) is 0 Å². The molecule has 0 bridgehead atoms. The van der Waals surface area contributed by atoms with Crippen LogP contribution in [-0.4, -0.2) is 10.5 Å². The summed E-state index contributed by atoms with van der Waals surface area (Å²) in [6.07, 6.45) is 1.86. The maximum Gasteiger partial charge on any atom is 0.257 e. The van der Waals surface area contributed by atoms with Crippen LogP contribution >= 0.6 is 15.9 Å². The van der Waals surface area contributed by atoms with Crippen LogP contribution in [0.25, 0.3) is 10.9 Å². The van der Waals surface area contributed by atoms with Crippen molar-refractivity contribution < 1.29 is 4.79 Å². The van der Waals surface area contributed by atoms with Gasteiger partial charge in [0.2, 0.25) is 0 Å². The van der Waals surface area contributed by atoms with Gasteiger partial charge in [-0.1, -0.05) is 15.9 Å². The molecule has 1 aliphatic heterocycles. The molecule has 0 spiro atoms. The molecule has 1 aliphatic rings. The number of aromatic nitrogens is 1. The SMILES string of the molecule is Cn1cc2c3c(cc(Br)cc31)NC2=O. The predicted molar refractivity (Wildman–Crippen MR) is 58.6 cm³/mol. The predicted octanol–water partition coefficient (Wildman–Crippen LogP) is 2.51. The minimum atomic E-state index is -0.0105. The van der Waals surface area contributed by atoms with E-state index >= 15 is 0 Å². The monoisotopic (exact) mass is 250 g/mol. The van der Waals surface area contributed by atoms with Crippen LogP contribution in [0.5, 0.6) is 0 Å². The topological polar surface area (TPSA) is 34.0 Å². The maximum absolute atomic E-state index is 11.5. The van der Waals surface area contributed by atoms with E-state index in [9.17, 15) is 4.79 Å². The Morgan fingerprint density at radius 2 is 2.21 bits per heavy atom. The number of amides is 1. The van der Waals surface area contributed by atoms with Crippen molar-refractivity contribution in [2.75, 3.05) is 5.32 Å². The molecule has 2 heterocycles. The number of aryl methyl sites for hydroxylation is 1. The van der Waals surface area contributed by atoms with Crippen molar-refractivity contribution >= 4 is 38.4 Å². The normalized spacial score (nSPS) is 13.7. The number of anilines is 1. The summed E-state index contributed by atoms with van der Waals surface area (Å²) < 4.78 is 2.95. The summed E-state index contributed by atoms with van der Waals surface area (Å²) >= 11 is 3.42. The highest BCUT2D eigenvalue weighted by Crippen LogP contribution is 2.36. The molecule has 2 aromatic rings. The lowest BCUT2D eigenvalue weighted by Crippen LogP contribution is -2.05. The summed E-state index contributed by atoms with van der Waals surface area (Å²) in [7, 11) is 1.95. The van der Waals surface area contributed by atoms with Gasteiger partial charge in [0.1, 0.15) is 0 Å². The van der Waals surface area contributed by atoms with Crippen LogP contribution in [-0.2, 0) is 7.05 Å². The Balaban J connectivity index is 2.56. The van der Waals surface area contributed by atoms with Gasteiger partial charge in [0.25, 0.3) is 5.91 Å². The molecule has 0 atom stereocenters. The van der Waals surface area contributed by atoms with Gasteiger partial charge in [0.05, 0.1) is 16.8 Å². The molecule has 3 rings (SSSR count). The zero-order valence-corrected chi connectivity index (χ0v) is 9.05. The third-order valence-electron chi connectivity index (χ3n) is 2.55. The number of hydrogen-bond donors (Lipinski definition) is 1. The molecule has 14 heavy (non-hydrogen) atoms. The number of carbonyl (C=O) groups excluding carboxylic acids is 1. The summed E-state index contributed by atoms with van der Waals surface area (Å²) in [6.45, 7) is 0. The molecule has 0 radical (unpaired) electrons. The van der Waals surface area contributed by atoms with Gasteiger partial charge in [-0.3, -0.25) is 4.79 Å². The Kier molecular flexibility index (Phi) is 1.37. The summed E-state index contributed by atoms with van der Waals surface area (Å²) in [5, 5.41) is 3.87. The van der Waals surface area contributed by atoms with Crippen LogP contribution in [0.1, 0.15) is 10.4 Å². The molecule has 0 saturated carbocycles. The van der Waals surface area contributed by atoms with Crippen molar-refractivity contribution in [2.24, 2.45) is 7.05 Å². The number of carbonyl (C=O) groups is 1. The summed E-state index contributed by atoms with van der Waals surface area (Å²) in [6, 6.07) is 3.94. The number of nitrogens with zero attached hydrogens (tertiary/aromatic N) is 1. The minimum Gasteiger partial charge on any atom is -0.350 e. The van der Waals surface area contributed by atoms with E-state index in [4.69, 9.17) is 0 Å². The highest BCUT2D eigenvalue weighted by Gasteiger charge is 2.24. The molecule has 1 aromatic carbocycles. The molecule has 0 unspecified atom stereocenters. The van der Waals surface area contributed by atoms with E-state index in [0.717, 1.165) is 26.6 Å². The van der Waals surface area contributed by atoms with Crippen molar-refractivity contribution in [3.8, 4) is 0 Å². The van der Waals surface area contributed by atoms with Gasteiger partial charge >= 0.3 is 0 Å². The molecule has 4 heteroatoms. The average molecular weight is 251 g/mol. The molecule has 1 N–H and O–H groups in total. The second-order valence-corrected chi connectivity index (χ2v) is 4.37. The van der Waals surface area contributed by atoms with Crippen LogP contribution in [0.4, 0.5) is 5.69 Å². The lowest BCUT2D eigenvalue weighted by atomic mass is 10.2. The zero-order valence-electron chi connectivity index (χ0n) is 7.47. The van der Waals surface area contributed by atoms with Crippen molar-refractivity contribution in [3.63, 3.8) is 0 Å². The largest absolute Gasteiger partial charge is 0.350 e. The molecule has 0 saturated heterocycles. The Bertz CT molecular complexity index is 571. The van der Waals surface area contributed by atoms with Crippen molar-refractivity contribution in [2.45, 2.75) is 0 Å². The standard InChI is InChI=1S/C10H7BrN2O/c1-13-4-6-9-7(12-10(6)14)2-5(11)3-8(9)13/h2-4H,1H3,(H,12,14). The number of rotatable bonds is 0. The van der Waals surface area contributed by atoms with Gasteiger partial charge in [-0.05, 0) is 12.1 Å². The second kappa shape index (κ2) is 2.39. The minimum absolute atomic E-state index is 0.0105. The Morgan fingerprint density at radius 3 is 3.00 bits per heavy atom. The van der Waals surface area contributed by atoms with Crippen LogP contribution < -0.4 is 5.32 Å². The van der Waals surface area contributed by atoms with E-state index in [0.29, 0.717) is 0 Å². The number of hydrogen-bond acceptors (Lipinski definition) is 1. The van der Waals surface area contributed by atoms with E-state index < -0.39 is 0 Å². The fourth-order valence-electron chi connectivity index (χ4n) is 1.94.